The Morgan fingerprint density at radius 1 is 0.973 bits per heavy atom. The smallest absolute Gasteiger partial charge is 0.243 e. The number of morpholine rings is 1. The molecule has 1 unspecified atom stereocenters. The Labute approximate surface area is 213 Å². The zero-order valence-corrected chi connectivity index (χ0v) is 21.0. The number of sulfonamides is 1. The topological polar surface area (TPSA) is 73.7 Å². The molecule has 1 aromatic heterocycles. The van der Waals surface area contributed by atoms with Crippen LogP contribution in [0.25, 0.3) is 11.0 Å². The second-order valence-corrected chi connectivity index (χ2v) is 11.5. The molecular formula is C23H22F5N3O4S2. The average molecular weight is 564 g/mol. The Hall–Kier alpha value is -2.26. The van der Waals surface area contributed by atoms with Crippen LogP contribution in [-0.2, 0) is 31.8 Å². The molecule has 37 heavy (non-hydrogen) atoms. The van der Waals surface area contributed by atoms with Gasteiger partial charge in [0, 0.05) is 31.0 Å². The number of benzene rings is 2. The molecule has 5 rings (SSSR count). The molecule has 2 aliphatic heterocycles. The minimum absolute atomic E-state index is 0.0278. The first-order valence-electron chi connectivity index (χ1n) is 11.5. The summed E-state index contributed by atoms with van der Waals surface area (Å²) < 4.78 is 109. The van der Waals surface area contributed by atoms with Gasteiger partial charge in [-0.05, 0) is 31.0 Å². The number of rotatable bonds is 7. The van der Waals surface area contributed by atoms with E-state index in [-0.39, 0.29) is 42.5 Å². The Morgan fingerprint density at radius 2 is 1.65 bits per heavy atom. The lowest BCUT2D eigenvalue weighted by Gasteiger charge is -2.26. The second kappa shape index (κ2) is 10.5. The number of ether oxygens (including phenoxy) is 2. The maximum absolute atomic E-state index is 14.2. The van der Waals surface area contributed by atoms with E-state index in [1.165, 1.54) is 16.4 Å². The molecule has 7 nitrogen and oxygen atoms in total. The molecule has 200 valence electrons. The van der Waals surface area contributed by atoms with Gasteiger partial charge in [-0.1, -0.05) is 11.8 Å². The number of halogens is 5. The fraction of sp³-hybridized carbons (Fsp3) is 0.435. The fourth-order valence-electron chi connectivity index (χ4n) is 4.38. The number of hydrogen-bond acceptors (Lipinski definition) is 6. The predicted octanol–water partition coefficient (Wildman–Crippen LogP) is 4.22. The van der Waals surface area contributed by atoms with Gasteiger partial charge in [0.05, 0.1) is 41.8 Å². The van der Waals surface area contributed by atoms with Crippen LogP contribution < -0.4 is 0 Å². The van der Waals surface area contributed by atoms with Gasteiger partial charge in [-0.25, -0.2) is 35.4 Å². The zero-order valence-electron chi connectivity index (χ0n) is 19.4. The van der Waals surface area contributed by atoms with Crippen LogP contribution in [-0.4, -0.2) is 61.3 Å². The van der Waals surface area contributed by atoms with E-state index in [4.69, 9.17) is 9.47 Å². The van der Waals surface area contributed by atoms with Gasteiger partial charge in [-0.3, -0.25) is 0 Å². The van der Waals surface area contributed by atoms with Crippen molar-refractivity contribution in [2.75, 3.05) is 32.9 Å². The first kappa shape index (κ1) is 26.4. The highest BCUT2D eigenvalue weighted by Gasteiger charge is 2.29. The molecule has 0 bridgehead atoms. The molecule has 0 aliphatic carbocycles. The molecule has 2 saturated heterocycles. The van der Waals surface area contributed by atoms with Crippen LogP contribution >= 0.6 is 11.8 Å². The van der Waals surface area contributed by atoms with Gasteiger partial charge < -0.3 is 14.0 Å². The van der Waals surface area contributed by atoms with Crippen molar-refractivity contribution in [2.24, 2.45) is 0 Å². The Kier molecular flexibility index (Phi) is 7.47. The van der Waals surface area contributed by atoms with Gasteiger partial charge >= 0.3 is 0 Å². The highest BCUT2D eigenvalue weighted by atomic mass is 32.2. The Morgan fingerprint density at radius 3 is 2.30 bits per heavy atom. The van der Waals surface area contributed by atoms with Gasteiger partial charge in [0.1, 0.15) is 0 Å². The van der Waals surface area contributed by atoms with Crippen molar-refractivity contribution < 1.29 is 39.8 Å². The molecule has 1 atom stereocenters. The monoisotopic (exact) mass is 563 g/mol. The van der Waals surface area contributed by atoms with Gasteiger partial charge in [0.25, 0.3) is 0 Å². The molecule has 0 spiro atoms. The summed E-state index contributed by atoms with van der Waals surface area (Å²) in [6, 6.07) is 4.46. The molecular weight excluding hydrogens is 541 g/mol. The molecule has 0 N–H and O–H groups in total. The predicted molar refractivity (Wildman–Crippen MR) is 124 cm³/mol. The molecule has 14 heteroatoms. The summed E-state index contributed by atoms with van der Waals surface area (Å²) in [5.74, 6) is -10.6. The van der Waals surface area contributed by atoms with Gasteiger partial charge in [0.15, 0.2) is 28.4 Å². The summed E-state index contributed by atoms with van der Waals surface area (Å²) in [4.78, 5) is 4.49. The summed E-state index contributed by atoms with van der Waals surface area (Å²) in [6.45, 7) is 1.91. The third kappa shape index (κ3) is 4.97. The molecule has 0 amide bonds. The zero-order chi connectivity index (χ0) is 26.3. The first-order chi connectivity index (χ1) is 17.7. The van der Waals surface area contributed by atoms with Crippen molar-refractivity contribution in [1.29, 1.82) is 0 Å². The minimum Gasteiger partial charge on any atom is -0.379 e. The molecule has 2 aromatic carbocycles. The van der Waals surface area contributed by atoms with Gasteiger partial charge in [-0.2, -0.15) is 4.31 Å². The van der Waals surface area contributed by atoms with Crippen molar-refractivity contribution >= 4 is 32.8 Å². The van der Waals surface area contributed by atoms with E-state index < -0.39 is 50.4 Å². The number of thioether (sulfide) groups is 1. The lowest BCUT2D eigenvalue weighted by Crippen LogP contribution is -2.40. The van der Waals surface area contributed by atoms with Crippen LogP contribution in [0.15, 0.2) is 28.3 Å². The van der Waals surface area contributed by atoms with Crippen LogP contribution in [0, 0.1) is 29.1 Å². The summed E-state index contributed by atoms with van der Waals surface area (Å²) in [6.07, 6.45) is 1.46. The number of fused-ring (bicyclic) bond motifs is 1. The van der Waals surface area contributed by atoms with E-state index in [0.29, 0.717) is 24.2 Å². The highest BCUT2D eigenvalue weighted by Crippen LogP contribution is 2.33. The SMILES string of the molecule is O=S(=O)(c1ccc2c(c1)nc(SCc1c(F)c(F)c(F)c(F)c1F)n2CC1CCCO1)N1CCOCC1. The molecule has 2 fully saturated rings. The van der Waals surface area contributed by atoms with Crippen LogP contribution in [0.1, 0.15) is 18.4 Å². The van der Waals surface area contributed by atoms with Crippen molar-refractivity contribution in [3.05, 3.63) is 52.8 Å². The lowest BCUT2D eigenvalue weighted by atomic mass is 10.2. The van der Waals surface area contributed by atoms with Crippen molar-refractivity contribution in [3.63, 3.8) is 0 Å². The maximum Gasteiger partial charge on any atom is 0.243 e. The normalized spacial score (nSPS) is 19.2. The van der Waals surface area contributed by atoms with Gasteiger partial charge in [0.2, 0.25) is 15.8 Å². The fourth-order valence-corrected chi connectivity index (χ4v) is 6.82. The summed E-state index contributed by atoms with van der Waals surface area (Å²) in [5, 5.41) is 0.232. The number of imidazole rings is 1. The largest absolute Gasteiger partial charge is 0.379 e. The van der Waals surface area contributed by atoms with E-state index in [1.807, 2.05) is 0 Å². The van der Waals surface area contributed by atoms with E-state index in [2.05, 4.69) is 4.98 Å². The standard InChI is InChI=1S/C23H22F5N3O4S2/c24-18-15(19(25)21(27)22(28)20(18)26)12-36-23-29-16-10-14(37(32,33)30-5-8-34-9-6-30)3-4-17(16)31(23)11-13-2-1-7-35-13/h3-4,10,13H,1-2,5-9,11-12H2. The summed E-state index contributed by atoms with van der Waals surface area (Å²) >= 11 is 0.786. The third-order valence-corrected chi connectivity index (χ3v) is 9.25. The number of aromatic nitrogens is 2. The molecule has 3 aromatic rings. The quantitative estimate of drug-likeness (QED) is 0.186. The van der Waals surface area contributed by atoms with E-state index in [0.717, 1.165) is 24.6 Å². The minimum atomic E-state index is -3.81. The van der Waals surface area contributed by atoms with E-state index in [9.17, 15) is 30.4 Å². The summed E-state index contributed by atoms with van der Waals surface area (Å²) in [7, 11) is -3.81. The lowest BCUT2D eigenvalue weighted by molar-refractivity contribution is 0.0730. The average Bonchev–Trinajstić information content (AvgIpc) is 3.54. The van der Waals surface area contributed by atoms with Crippen LogP contribution in [0.3, 0.4) is 0 Å². The summed E-state index contributed by atoms with van der Waals surface area (Å²) in [5.41, 5.74) is -0.101. The molecule has 2 aliphatic rings. The molecule has 3 heterocycles. The molecule has 0 saturated carbocycles. The van der Waals surface area contributed by atoms with Crippen molar-refractivity contribution in [1.82, 2.24) is 13.9 Å². The first-order valence-corrected chi connectivity index (χ1v) is 13.9. The van der Waals surface area contributed by atoms with E-state index in [1.54, 1.807) is 10.6 Å². The Balaban J connectivity index is 1.51. The number of nitrogens with zero attached hydrogens (tertiary/aromatic N) is 3. The molecule has 0 radical (unpaired) electrons. The van der Waals surface area contributed by atoms with E-state index >= 15 is 0 Å². The van der Waals surface area contributed by atoms with Gasteiger partial charge in [-0.15, -0.1) is 0 Å². The number of hydrogen-bond donors (Lipinski definition) is 0. The van der Waals surface area contributed by atoms with Crippen LogP contribution in [0.2, 0.25) is 0 Å². The Bertz CT molecular complexity index is 1410. The van der Waals surface area contributed by atoms with Crippen LogP contribution in [0.5, 0.6) is 0 Å². The maximum atomic E-state index is 14.2. The third-order valence-electron chi connectivity index (χ3n) is 6.35. The highest BCUT2D eigenvalue weighted by molar-refractivity contribution is 7.98. The second-order valence-electron chi connectivity index (χ2n) is 8.64. The van der Waals surface area contributed by atoms with Crippen LogP contribution in [0.4, 0.5) is 22.0 Å². The van der Waals surface area contributed by atoms with Crippen molar-refractivity contribution in [3.8, 4) is 0 Å². The van der Waals surface area contributed by atoms with Crippen molar-refractivity contribution in [2.45, 2.75) is 41.3 Å².